The van der Waals surface area contributed by atoms with E-state index in [1.807, 2.05) is 24.3 Å². The minimum absolute atomic E-state index is 0.0740. The van der Waals surface area contributed by atoms with Gasteiger partial charge in [0.25, 0.3) is 0 Å². The average molecular weight is 260 g/mol. The maximum atomic E-state index is 12.4. The second kappa shape index (κ2) is 4.86. The number of benzene rings is 2. The Morgan fingerprint density at radius 1 is 0.889 bits per heavy atom. The minimum atomic E-state index is -2.45. The van der Waals surface area contributed by atoms with E-state index in [2.05, 4.69) is 0 Å². The van der Waals surface area contributed by atoms with Crippen molar-refractivity contribution in [1.29, 1.82) is 0 Å². The highest BCUT2D eigenvalue weighted by Crippen LogP contribution is 2.21. The average Bonchev–Trinajstić information content (AvgIpc) is 2.38. The SMILES string of the molecule is C[SH](C)(=O)c1ccccc1C(=O)c1ccccc1. The van der Waals surface area contributed by atoms with Gasteiger partial charge in [-0.1, -0.05) is 52.4 Å². The molecule has 2 rings (SSSR count). The van der Waals surface area contributed by atoms with Crippen molar-refractivity contribution >= 4 is 15.7 Å². The number of thiol groups is 1. The maximum Gasteiger partial charge on any atom is 0.194 e. The molecule has 2 aromatic rings. The summed E-state index contributed by atoms with van der Waals surface area (Å²) < 4.78 is 12.2. The zero-order valence-corrected chi connectivity index (χ0v) is 11.4. The molecule has 0 aliphatic rings. The van der Waals surface area contributed by atoms with Gasteiger partial charge < -0.3 is 0 Å². The highest BCUT2D eigenvalue weighted by atomic mass is 32.2. The fraction of sp³-hybridized carbons (Fsp3) is 0.133. The highest BCUT2D eigenvalue weighted by Gasteiger charge is 2.17. The number of rotatable bonds is 3. The van der Waals surface area contributed by atoms with Gasteiger partial charge in [-0.3, -0.25) is 9.00 Å². The standard InChI is InChI=1S/C15H16O2S/c1-18(2,17)14-11-7-6-10-13(14)15(16)12-8-4-3-5-9-12/h3-11,18H,1-2H3. The molecule has 0 saturated carbocycles. The Hall–Kier alpha value is -1.74. The molecule has 0 unspecified atom stereocenters. The summed E-state index contributed by atoms with van der Waals surface area (Å²) in [5.41, 5.74) is 1.16. The molecule has 0 amide bonds. The summed E-state index contributed by atoms with van der Waals surface area (Å²) in [7, 11) is -2.45. The van der Waals surface area contributed by atoms with E-state index >= 15 is 0 Å². The van der Waals surface area contributed by atoms with Gasteiger partial charge in [0.2, 0.25) is 0 Å². The van der Waals surface area contributed by atoms with Crippen LogP contribution < -0.4 is 0 Å². The Morgan fingerprint density at radius 3 is 2.06 bits per heavy atom. The van der Waals surface area contributed by atoms with Crippen molar-refractivity contribution in [1.82, 2.24) is 0 Å². The topological polar surface area (TPSA) is 34.1 Å². The van der Waals surface area contributed by atoms with E-state index in [1.165, 1.54) is 0 Å². The Labute approximate surface area is 108 Å². The van der Waals surface area contributed by atoms with Crippen LogP contribution in [-0.4, -0.2) is 22.5 Å². The van der Waals surface area contributed by atoms with Crippen molar-refractivity contribution in [2.75, 3.05) is 12.5 Å². The fourth-order valence-corrected chi connectivity index (χ4v) is 3.08. The molecule has 2 nitrogen and oxygen atoms in total. The van der Waals surface area contributed by atoms with Crippen molar-refractivity contribution in [2.45, 2.75) is 4.90 Å². The molecule has 0 aromatic heterocycles. The molecular weight excluding hydrogens is 244 g/mol. The van der Waals surface area contributed by atoms with Gasteiger partial charge in [-0.25, -0.2) is 0 Å². The quantitative estimate of drug-likeness (QED) is 0.680. The van der Waals surface area contributed by atoms with E-state index in [0.29, 0.717) is 16.0 Å². The second-order valence-electron chi connectivity index (χ2n) is 4.56. The van der Waals surface area contributed by atoms with Crippen LogP contribution in [0.5, 0.6) is 0 Å². The van der Waals surface area contributed by atoms with Crippen molar-refractivity contribution in [2.24, 2.45) is 0 Å². The number of carbonyl (C=O) groups is 1. The number of ketones is 1. The summed E-state index contributed by atoms with van der Waals surface area (Å²) in [5, 5.41) is 0. The monoisotopic (exact) mass is 260 g/mol. The highest BCUT2D eigenvalue weighted by molar-refractivity contribution is 8.01. The Balaban J connectivity index is 2.53. The summed E-state index contributed by atoms with van der Waals surface area (Å²) >= 11 is 0. The molecule has 0 radical (unpaired) electrons. The third-order valence-electron chi connectivity index (χ3n) is 2.76. The molecule has 0 aliphatic heterocycles. The molecule has 0 bridgehead atoms. The van der Waals surface area contributed by atoms with E-state index in [1.54, 1.807) is 42.8 Å². The molecule has 0 heterocycles. The van der Waals surface area contributed by atoms with Crippen LogP contribution in [0.1, 0.15) is 15.9 Å². The molecule has 0 fully saturated rings. The second-order valence-corrected chi connectivity index (χ2v) is 7.75. The largest absolute Gasteiger partial charge is 0.289 e. The molecule has 0 aliphatic carbocycles. The fourth-order valence-electron chi connectivity index (χ4n) is 1.88. The van der Waals surface area contributed by atoms with E-state index in [0.717, 1.165) is 0 Å². The molecule has 0 spiro atoms. The molecule has 94 valence electrons. The smallest absolute Gasteiger partial charge is 0.194 e. The molecule has 3 heteroatoms. The zero-order chi connectivity index (χ0) is 13.2. The molecule has 2 aromatic carbocycles. The first-order valence-corrected chi connectivity index (χ1v) is 8.34. The summed E-state index contributed by atoms with van der Waals surface area (Å²) in [6, 6.07) is 16.2. The van der Waals surface area contributed by atoms with Gasteiger partial charge in [0.1, 0.15) is 0 Å². The van der Waals surface area contributed by atoms with Crippen LogP contribution in [0.4, 0.5) is 0 Å². The number of hydrogen-bond donors (Lipinski definition) is 1. The molecule has 0 saturated heterocycles. The van der Waals surface area contributed by atoms with Crippen LogP contribution in [0.15, 0.2) is 59.5 Å². The van der Waals surface area contributed by atoms with Gasteiger partial charge in [0.15, 0.2) is 5.78 Å². The van der Waals surface area contributed by atoms with Crippen LogP contribution >= 0.6 is 0 Å². The van der Waals surface area contributed by atoms with Crippen molar-refractivity contribution < 1.29 is 9.00 Å². The van der Waals surface area contributed by atoms with Gasteiger partial charge in [0.05, 0.1) is 0 Å². The van der Waals surface area contributed by atoms with Crippen LogP contribution in [0.2, 0.25) is 0 Å². The first-order valence-electron chi connectivity index (χ1n) is 5.74. The van der Waals surface area contributed by atoms with Gasteiger partial charge in [-0.2, -0.15) is 0 Å². The maximum absolute atomic E-state index is 12.4. The van der Waals surface area contributed by atoms with Crippen LogP contribution in [0, 0.1) is 0 Å². The zero-order valence-electron chi connectivity index (χ0n) is 10.5. The van der Waals surface area contributed by atoms with Crippen molar-refractivity contribution in [3.05, 3.63) is 65.7 Å². The number of hydrogen-bond acceptors (Lipinski definition) is 2. The van der Waals surface area contributed by atoms with E-state index in [-0.39, 0.29) is 5.78 Å². The van der Waals surface area contributed by atoms with Crippen LogP contribution in [0.3, 0.4) is 0 Å². The molecule has 0 N–H and O–H groups in total. The first-order chi connectivity index (χ1) is 8.50. The normalized spacial score (nSPS) is 12.1. The predicted octanol–water partition coefficient (Wildman–Crippen LogP) is 2.55. The summed E-state index contributed by atoms with van der Waals surface area (Å²) in [4.78, 5) is 13.0. The Kier molecular flexibility index (Phi) is 3.43. The summed E-state index contributed by atoms with van der Waals surface area (Å²) in [6.45, 7) is 0. The lowest BCUT2D eigenvalue weighted by molar-refractivity contribution is 0.103. The lowest BCUT2D eigenvalue weighted by atomic mass is 10.0. The Morgan fingerprint density at radius 2 is 1.44 bits per heavy atom. The molecule has 0 atom stereocenters. The first kappa shape index (κ1) is 12.7. The Bertz CT molecular complexity index is 611. The van der Waals surface area contributed by atoms with Gasteiger partial charge in [-0.15, -0.1) is 0 Å². The van der Waals surface area contributed by atoms with Gasteiger partial charge >= 0.3 is 0 Å². The summed E-state index contributed by atoms with van der Waals surface area (Å²) in [5.74, 6) is -0.0740. The van der Waals surface area contributed by atoms with E-state index in [4.69, 9.17) is 0 Å². The summed E-state index contributed by atoms with van der Waals surface area (Å²) in [6.07, 6.45) is 3.37. The van der Waals surface area contributed by atoms with Gasteiger partial charge in [0, 0.05) is 16.0 Å². The van der Waals surface area contributed by atoms with Crippen molar-refractivity contribution in [3.8, 4) is 0 Å². The van der Waals surface area contributed by atoms with Gasteiger partial charge in [-0.05, 0) is 24.6 Å². The van der Waals surface area contributed by atoms with E-state index in [9.17, 15) is 9.00 Å². The third kappa shape index (κ3) is 2.57. The molecular formula is C15H16O2S. The lowest BCUT2D eigenvalue weighted by Crippen LogP contribution is -2.13. The predicted molar refractivity (Wildman–Crippen MR) is 76.0 cm³/mol. The van der Waals surface area contributed by atoms with Crippen LogP contribution in [-0.2, 0) is 9.93 Å². The minimum Gasteiger partial charge on any atom is -0.289 e. The molecule has 18 heavy (non-hydrogen) atoms. The lowest BCUT2D eigenvalue weighted by Gasteiger charge is -2.16. The third-order valence-corrected chi connectivity index (χ3v) is 4.32. The van der Waals surface area contributed by atoms with Crippen molar-refractivity contribution in [3.63, 3.8) is 0 Å². The van der Waals surface area contributed by atoms with Crippen LogP contribution in [0.25, 0.3) is 0 Å². The van der Waals surface area contributed by atoms with E-state index < -0.39 is 9.93 Å². The number of carbonyl (C=O) groups excluding carboxylic acids is 1.